The zero-order chi connectivity index (χ0) is 14.7. The first-order chi connectivity index (χ1) is 10.2. The normalized spacial score (nSPS) is 27.8. The fourth-order valence-electron chi connectivity index (χ4n) is 3.21. The van der Waals surface area contributed by atoms with Crippen molar-refractivity contribution in [1.82, 2.24) is 10.6 Å². The Morgan fingerprint density at radius 3 is 3.14 bits per heavy atom. The van der Waals surface area contributed by atoms with Crippen molar-refractivity contribution in [2.45, 2.75) is 18.9 Å². The molecular formula is C16H22N2O3. The van der Waals surface area contributed by atoms with Crippen LogP contribution < -0.4 is 15.4 Å². The average molecular weight is 290 g/mol. The van der Waals surface area contributed by atoms with Crippen LogP contribution in [-0.4, -0.2) is 39.3 Å². The Morgan fingerprint density at radius 2 is 2.38 bits per heavy atom. The van der Waals surface area contributed by atoms with Gasteiger partial charge in [-0.05, 0) is 19.0 Å². The van der Waals surface area contributed by atoms with E-state index in [-0.39, 0.29) is 11.9 Å². The molecule has 1 fully saturated rings. The summed E-state index contributed by atoms with van der Waals surface area (Å²) in [7, 11) is 1.65. The number of hydrogen-bond donors (Lipinski definition) is 2. The Bertz CT molecular complexity index is 512. The highest BCUT2D eigenvalue weighted by atomic mass is 16.5. The van der Waals surface area contributed by atoms with Crippen LogP contribution in [-0.2, 0) is 9.53 Å². The van der Waals surface area contributed by atoms with Crippen LogP contribution in [0.5, 0.6) is 5.75 Å². The van der Waals surface area contributed by atoms with Crippen molar-refractivity contribution in [2.24, 2.45) is 5.41 Å². The third kappa shape index (κ3) is 2.76. The molecule has 5 nitrogen and oxygen atoms in total. The van der Waals surface area contributed by atoms with E-state index in [9.17, 15) is 4.79 Å². The molecule has 2 heterocycles. The van der Waals surface area contributed by atoms with E-state index in [1.54, 1.807) is 7.11 Å². The Morgan fingerprint density at radius 1 is 1.52 bits per heavy atom. The van der Waals surface area contributed by atoms with Gasteiger partial charge in [0, 0.05) is 25.6 Å². The minimum absolute atomic E-state index is 0.0248. The van der Waals surface area contributed by atoms with Gasteiger partial charge >= 0.3 is 0 Å². The lowest BCUT2D eigenvalue weighted by Gasteiger charge is -2.32. The van der Waals surface area contributed by atoms with Gasteiger partial charge in [-0.25, -0.2) is 0 Å². The van der Waals surface area contributed by atoms with E-state index < -0.39 is 5.41 Å². The van der Waals surface area contributed by atoms with Crippen LogP contribution >= 0.6 is 0 Å². The number of carbonyl (C=O) groups excluding carboxylic acids is 1. The number of fused-ring (bicyclic) bond motifs is 1. The van der Waals surface area contributed by atoms with Gasteiger partial charge in [0.05, 0.1) is 24.7 Å². The van der Waals surface area contributed by atoms with E-state index in [1.807, 2.05) is 24.3 Å². The second kappa shape index (κ2) is 6.03. The molecule has 21 heavy (non-hydrogen) atoms. The van der Waals surface area contributed by atoms with Gasteiger partial charge in [0.2, 0.25) is 5.91 Å². The van der Waals surface area contributed by atoms with Crippen molar-refractivity contribution >= 4 is 5.91 Å². The summed E-state index contributed by atoms with van der Waals surface area (Å²) in [5, 5.41) is 6.47. The highest BCUT2D eigenvalue weighted by Gasteiger charge is 2.42. The summed E-state index contributed by atoms with van der Waals surface area (Å²) in [6.07, 6.45) is 1.62. The van der Waals surface area contributed by atoms with Crippen molar-refractivity contribution in [2.75, 3.05) is 33.4 Å². The first kappa shape index (κ1) is 14.4. The molecule has 5 heteroatoms. The Hall–Kier alpha value is -1.59. The minimum atomic E-state index is -0.442. The largest absolute Gasteiger partial charge is 0.493 e. The number of methoxy groups -OCH3 is 1. The SMILES string of the molecule is COCC1(C(=O)NC2CCOc3ccccc32)CCNC1. The summed E-state index contributed by atoms with van der Waals surface area (Å²) in [4.78, 5) is 12.8. The van der Waals surface area contributed by atoms with Crippen molar-refractivity contribution in [3.8, 4) is 5.75 Å². The molecule has 0 spiro atoms. The van der Waals surface area contributed by atoms with Gasteiger partial charge in [-0.3, -0.25) is 4.79 Å². The van der Waals surface area contributed by atoms with Gasteiger partial charge in [-0.1, -0.05) is 18.2 Å². The second-order valence-electron chi connectivity index (χ2n) is 5.84. The topological polar surface area (TPSA) is 59.6 Å². The number of hydrogen-bond acceptors (Lipinski definition) is 4. The standard InChI is InChI=1S/C16H22N2O3/c1-20-11-16(7-8-17-10-16)15(19)18-13-6-9-21-14-5-3-2-4-12(13)14/h2-5,13,17H,6-11H2,1H3,(H,18,19). The van der Waals surface area contributed by atoms with Crippen LogP contribution in [0.1, 0.15) is 24.4 Å². The highest BCUT2D eigenvalue weighted by molar-refractivity contribution is 5.84. The van der Waals surface area contributed by atoms with Crippen LogP contribution in [0.15, 0.2) is 24.3 Å². The fourth-order valence-corrected chi connectivity index (χ4v) is 3.21. The molecule has 1 saturated heterocycles. The molecule has 2 aliphatic heterocycles. The lowest BCUT2D eigenvalue weighted by atomic mass is 9.86. The molecule has 114 valence electrons. The van der Waals surface area contributed by atoms with Crippen molar-refractivity contribution in [1.29, 1.82) is 0 Å². The predicted octanol–water partition coefficient (Wildman–Crippen LogP) is 1.25. The first-order valence-corrected chi connectivity index (χ1v) is 7.47. The number of carbonyl (C=O) groups is 1. The van der Waals surface area contributed by atoms with Gasteiger partial charge in [0.1, 0.15) is 5.75 Å². The molecule has 3 rings (SSSR count). The van der Waals surface area contributed by atoms with Crippen molar-refractivity contribution in [3.63, 3.8) is 0 Å². The molecular weight excluding hydrogens is 268 g/mol. The van der Waals surface area contributed by atoms with E-state index >= 15 is 0 Å². The molecule has 2 N–H and O–H groups in total. The summed E-state index contributed by atoms with van der Waals surface area (Å²) in [5.74, 6) is 0.954. The van der Waals surface area contributed by atoms with Crippen LogP contribution in [0.4, 0.5) is 0 Å². The number of para-hydroxylation sites is 1. The molecule has 1 aromatic carbocycles. The summed E-state index contributed by atoms with van der Waals surface area (Å²) in [6.45, 7) is 2.63. The van der Waals surface area contributed by atoms with Gasteiger partial charge in [0.25, 0.3) is 0 Å². The first-order valence-electron chi connectivity index (χ1n) is 7.47. The Balaban J connectivity index is 1.76. The van der Waals surface area contributed by atoms with E-state index in [0.29, 0.717) is 19.8 Å². The second-order valence-corrected chi connectivity index (χ2v) is 5.84. The maximum Gasteiger partial charge on any atom is 0.230 e. The monoisotopic (exact) mass is 290 g/mol. The lowest BCUT2D eigenvalue weighted by Crippen LogP contribution is -2.47. The quantitative estimate of drug-likeness (QED) is 0.876. The van der Waals surface area contributed by atoms with E-state index in [0.717, 1.165) is 30.7 Å². The summed E-state index contributed by atoms with van der Waals surface area (Å²) in [6, 6.07) is 7.94. The van der Waals surface area contributed by atoms with Crippen LogP contribution in [0.2, 0.25) is 0 Å². The molecule has 0 bridgehead atoms. The van der Waals surface area contributed by atoms with E-state index in [4.69, 9.17) is 9.47 Å². The molecule has 0 aliphatic carbocycles. The highest BCUT2D eigenvalue weighted by Crippen LogP contribution is 2.33. The number of rotatable bonds is 4. The van der Waals surface area contributed by atoms with Gasteiger partial charge in [-0.15, -0.1) is 0 Å². The molecule has 0 aromatic heterocycles. The van der Waals surface area contributed by atoms with E-state index in [2.05, 4.69) is 10.6 Å². The summed E-state index contributed by atoms with van der Waals surface area (Å²) in [5.41, 5.74) is 0.623. The fraction of sp³-hybridized carbons (Fsp3) is 0.562. The maximum absolute atomic E-state index is 12.8. The van der Waals surface area contributed by atoms with Gasteiger partial charge in [-0.2, -0.15) is 0 Å². The molecule has 0 saturated carbocycles. The van der Waals surface area contributed by atoms with Crippen LogP contribution in [0.25, 0.3) is 0 Å². The predicted molar refractivity (Wildman–Crippen MR) is 79.2 cm³/mol. The zero-order valence-electron chi connectivity index (χ0n) is 12.4. The molecule has 0 radical (unpaired) electrons. The average Bonchev–Trinajstić information content (AvgIpc) is 2.98. The third-order valence-electron chi connectivity index (χ3n) is 4.41. The summed E-state index contributed by atoms with van der Waals surface area (Å²) >= 11 is 0. The zero-order valence-corrected chi connectivity index (χ0v) is 12.4. The molecule has 1 aromatic rings. The number of nitrogens with one attached hydrogen (secondary N) is 2. The molecule has 2 unspecified atom stereocenters. The Kier molecular flexibility index (Phi) is 4.12. The summed E-state index contributed by atoms with van der Waals surface area (Å²) < 4.78 is 10.9. The van der Waals surface area contributed by atoms with Gasteiger partial charge in [0.15, 0.2) is 0 Å². The van der Waals surface area contributed by atoms with Crippen molar-refractivity contribution in [3.05, 3.63) is 29.8 Å². The smallest absolute Gasteiger partial charge is 0.230 e. The van der Waals surface area contributed by atoms with Crippen molar-refractivity contribution < 1.29 is 14.3 Å². The Labute approximate surface area is 125 Å². The number of amides is 1. The number of benzene rings is 1. The van der Waals surface area contributed by atoms with Crippen LogP contribution in [0, 0.1) is 5.41 Å². The lowest BCUT2D eigenvalue weighted by molar-refractivity contribution is -0.134. The molecule has 2 atom stereocenters. The minimum Gasteiger partial charge on any atom is -0.493 e. The number of ether oxygens (including phenoxy) is 2. The van der Waals surface area contributed by atoms with Crippen LogP contribution in [0.3, 0.4) is 0 Å². The molecule has 2 aliphatic rings. The van der Waals surface area contributed by atoms with E-state index in [1.165, 1.54) is 0 Å². The molecule has 1 amide bonds. The third-order valence-corrected chi connectivity index (χ3v) is 4.41. The maximum atomic E-state index is 12.8. The van der Waals surface area contributed by atoms with Gasteiger partial charge < -0.3 is 20.1 Å².